The number of carbonyl (C=O) groups excluding carboxylic acids is 2. The zero-order chi connectivity index (χ0) is 18.7. The topological polar surface area (TPSA) is 88.3 Å². The molecule has 1 aromatic heterocycles. The number of nitrogens with zero attached hydrogens (tertiary/aromatic N) is 3. The molecule has 1 aliphatic rings. The molecule has 26 heavy (non-hydrogen) atoms. The molecule has 1 N–H and O–H groups in total. The van der Waals surface area contributed by atoms with Gasteiger partial charge in [-0.25, -0.2) is 0 Å². The van der Waals surface area contributed by atoms with Gasteiger partial charge in [-0.05, 0) is 24.5 Å². The standard InChI is InChI=1S/C19H24N4O3/c1-4-23(11-16-21-17(26-22-16)9-12(2)3)18(24)10-15-13-7-5-6-8-14(13)19(25)20-15/h5-8,12,15H,4,9-11H2,1-3H3,(H,20,25)/t15-/m1/s1. The molecular weight excluding hydrogens is 332 g/mol. The van der Waals surface area contributed by atoms with Gasteiger partial charge in [-0.2, -0.15) is 4.98 Å². The highest BCUT2D eigenvalue weighted by molar-refractivity contribution is 5.99. The molecule has 1 aromatic carbocycles. The summed E-state index contributed by atoms with van der Waals surface area (Å²) in [7, 11) is 0. The lowest BCUT2D eigenvalue weighted by molar-refractivity contribution is -0.132. The SMILES string of the molecule is CCN(Cc1noc(CC(C)C)n1)C(=O)C[C@H]1NC(=O)c2ccccc21. The van der Waals surface area contributed by atoms with Crippen LogP contribution >= 0.6 is 0 Å². The van der Waals surface area contributed by atoms with Crippen molar-refractivity contribution in [1.82, 2.24) is 20.4 Å². The first-order valence-electron chi connectivity index (χ1n) is 8.97. The van der Waals surface area contributed by atoms with Crippen LogP contribution in [0.25, 0.3) is 0 Å². The van der Waals surface area contributed by atoms with Crippen LogP contribution in [-0.2, 0) is 17.8 Å². The van der Waals surface area contributed by atoms with Crippen LogP contribution in [0.1, 0.15) is 60.9 Å². The van der Waals surface area contributed by atoms with Crippen LogP contribution in [-0.4, -0.2) is 33.4 Å². The van der Waals surface area contributed by atoms with Gasteiger partial charge < -0.3 is 14.7 Å². The van der Waals surface area contributed by atoms with E-state index in [0.717, 1.165) is 12.0 Å². The number of aromatic nitrogens is 2. The van der Waals surface area contributed by atoms with Crippen LogP contribution in [0.4, 0.5) is 0 Å². The fourth-order valence-corrected chi connectivity index (χ4v) is 3.12. The Hall–Kier alpha value is -2.70. The highest BCUT2D eigenvalue weighted by Gasteiger charge is 2.31. The van der Waals surface area contributed by atoms with E-state index in [1.54, 1.807) is 11.0 Å². The van der Waals surface area contributed by atoms with E-state index in [1.165, 1.54) is 0 Å². The number of benzene rings is 1. The van der Waals surface area contributed by atoms with Gasteiger partial charge in [0, 0.05) is 18.5 Å². The summed E-state index contributed by atoms with van der Waals surface area (Å²) < 4.78 is 5.24. The van der Waals surface area contributed by atoms with Crippen molar-refractivity contribution in [2.24, 2.45) is 5.92 Å². The first-order chi connectivity index (χ1) is 12.5. The van der Waals surface area contributed by atoms with Gasteiger partial charge in [0.25, 0.3) is 5.91 Å². The molecule has 7 nitrogen and oxygen atoms in total. The molecule has 0 aliphatic carbocycles. The number of fused-ring (bicyclic) bond motifs is 1. The first kappa shape index (κ1) is 18.1. The Kier molecular flexibility index (Phi) is 5.35. The fourth-order valence-electron chi connectivity index (χ4n) is 3.12. The first-order valence-corrected chi connectivity index (χ1v) is 8.97. The predicted molar refractivity (Wildman–Crippen MR) is 95.2 cm³/mol. The zero-order valence-corrected chi connectivity index (χ0v) is 15.4. The van der Waals surface area contributed by atoms with Gasteiger partial charge in [-0.15, -0.1) is 0 Å². The van der Waals surface area contributed by atoms with Gasteiger partial charge in [0.05, 0.1) is 19.0 Å². The lowest BCUT2D eigenvalue weighted by Crippen LogP contribution is -2.33. The maximum atomic E-state index is 12.7. The van der Waals surface area contributed by atoms with Crippen molar-refractivity contribution in [2.45, 2.75) is 46.2 Å². The van der Waals surface area contributed by atoms with Gasteiger partial charge in [0.2, 0.25) is 11.8 Å². The monoisotopic (exact) mass is 356 g/mol. The van der Waals surface area contributed by atoms with Crippen LogP contribution in [0.5, 0.6) is 0 Å². The molecule has 0 saturated carbocycles. The molecule has 0 spiro atoms. The number of hydrogen-bond donors (Lipinski definition) is 1. The van der Waals surface area contributed by atoms with Gasteiger partial charge in [0.15, 0.2) is 5.82 Å². The summed E-state index contributed by atoms with van der Waals surface area (Å²) in [5, 5.41) is 6.85. The third kappa shape index (κ3) is 3.92. The second kappa shape index (κ2) is 7.68. The predicted octanol–water partition coefficient (Wildman–Crippen LogP) is 2.49. The van der Waals surface area contributed by atoms with Crippen molar-refractivity contribution in [1.29, 1.82) is 0 Å². The second-order valence-electron chi connectivity index (χ2n) is 6.93. The normalized spacial score (nSPS) is 15.8. The Balaban J connectivity index is 1.64. The van der Waals surface area contributed by atoms with Gasteiger partial charge >= 0.3 is 0 Å². The zero-order valence-electron chi connectivity index (χ0n) is 15.4. The minimum Gasteiger partial charge on any atom is -0.345 e. The fraction of sp³-hybridized carbons (Fsp3) is 0.474. The van der Waals surface area contributed by atoms with Crippen molar-refractivity contribution in [2.75, 3.05) is 6.54 Å². The van der Waals surface area contributed by atoms with E-state index >= 15 is 0 Å². The summed E-state index contributed by atoms with van der Waals surface area (Å²) in [6, 6.07) is 7.08. The quantitative estimate of drug-likeness (QED) is 0.823. The second-order valence-corrected chi connectivity index (χ2v) is 6.93. The van der Waals surface area contributed by atoms with E-state index in [9.17, 15) is 9.59 Å². The summed E-state index contributed by atoms with van der Waals surface area (Å²) >= 11 is 0. The number of amides is 2. The van der Waals surface area contributed by atoms with Crippen molar-refractivity contribution in [3.05, 3.63) is 47.1 Å². The van der Waals surface area contributed by atoms with Crippen molar-refractivity contribution < 1.29 is 14.1 Å². The molecule has 0 bridgehead atoms. The van der Waals surface area contributed by atoms with Gasteiger partial charge in [-0.3, -0.25) is 9.59 Å². The Labute approximate surface area is 152 Å². The lowest BCUT2D eigenvalue weighted by Gasteiger charge is -2.21. The number of hydrogen-bond acceptors (Lipinski definition) is 5. The summed E-state index contributed by atoms with van der Waals surface area (Å²) in [5.41, 5.74) is 1.52. The molecule has 0 saturated heterocycles. The van der Waals surface area contributed by atoms with Gasteiger partial charge in [0.1, 0.15) is 0 Å². The third-order valence-electron chi connectivity index (χ3n) is 4.42. The summed E-state index contributed by atoms with van der Waals surface area (Å²) in [6.45, 7) is 6.92. The maximum absolute atomic E-state index is 12.7. The Morgan fingerprint density at radius 3 is 2.85 bits per heavy atom. The largest absolute Gasteiger partial charge is 0.345 e. The molecule has 2 aromatic rings. The summed E-state index contributed by atoms with van der Waals surface area (Å²) in [5.74, 6) is 1.35. The molecule has 7 heteroatoms. The van der Waals surface area contributed by atoms with Crippen LogP contribution in [0.2, 0.25) is 0 Å². The number of nitrogens with one attached hydrogen (secondary N) is 1. The van der Waals surface area contributed by atoms with Crippen LogP contribution in [0.15, 0.2) is 28.8 Å². The summed E-state index contributed by atoms with van der Waals surface area (Å²) in [6.07, 6.45) is 0.936. The molecule has 1 aliphatic heterocycles. The van der Waals surface area contributed by atoms with Crippen molar-refractivity contribution in [3.8, 4) is 0 Å². The molecular formula is C19H24N4O3. The van der Waals surface area contributed by atoms with Crippen molar-refractivity contribution >= 4 is 11.8 Å². The molecule has 0 unspecified atom stereocenters. The maximum Gasteiger partial charge on any atom is 0.252 e. The molecule has 0 radical (unpaired) electrons. The van der Waals surface area contributed by atoms with Crippen molar-refractivity contribution in [3.63, 3.8) is 0 Å². The molecule has 3 rings (SSSR count). The highest BCUT2D eigenvalue weighted by atomic mass is 16.5. The number of rotatable bonds is 7. The van der Waals surface area contributed by atoms with Crippen LogP contribution < -0.4 is 5.32 Å². The third-order valence-corrected chi connectivity index (χ3v) is 4.42. The number of carbonyl (C=O) groups is 2. The van der Waals surface area contributed by atoms with Gasteiger partial charge in [-0.1, -0.05) is 37.2 Å². The van der Waals surface area contributed by atoms with E-state index in [0.29, 0.717) is 36.3 Å². The Morgan fingerprint density at radius 1 is 1.35 bits per heavy atom. The minimum absolute atomic E-state index is 0.0512. The lowest BCUT2D eigenvalue weighted by atomic mass is 10.0. The van der Waals surface area contributed by atoms with E-state index < -0.39 is 0 Å². The average Bonchev–Trinajstić information content (AvgIpc) is 3.17. The highest BCUT2D eigenvalue weighted by Crippen LogP contribution is 2.28. The molecule has 2 amide bonds. The smallest absolute Gasteiger partial charge is 0.252 e. The average molecular weight is 356 g/mol. The van der Waals surface area contributed by atoms with Crippen LogP contribution in [0, 0.1) is 5.92 Å². The summed E-state index contributed by atoms with van der Waals surface area (Å²) in [4.78, 5) is 30.8. The van der Waals surface area contributed by atoms with E-state index in [1.807, 2.05) is 25.1 Å². The minimum atomic E-state index is -0.290. The Morgan fingerprint density at radius 2 is 2.12 bits per heavy atom. The van der Waals surface area contributed by atoms with E-state index in [-0.39, 0.29) is 24.3 Å². The van der Waals surface area contributed by atoms with E-state index in [2.05, 4.69) is 29.3 Å². The Bertz CT molecular complexity index is 800. The molecule has 0 fully saturated rings. The molecule has 2 heterocycles. The van der Waals surface area contributed by atoms with E-state index in [4.69, 9.17) is 4.52 Å². The molecule has 138 valence electrons. The molecule has 1 atom stereocenters. The van der Waals surface area contributed by atoms with Crippen LogP contribution in [0.3, 0.4) is 0 Å².